The SMILES string of the molecule is CN(C)c1ccc(CNC(=O)C(C(=O)NCc2ccc(N(C)CSCCNC(=O)C(C(=O)NCCS)c3c([N+](=O)[O-])cc(C(=O)O)cc3[N+](=O)[O-])cc2)c2c([N+](=O)[O-])cc(C(=O)O)cc2[N+](=O)[O-])cc1. The van der Waals surface area contributed by atoms with Crippen molar-refractivity contribution in [2.75, 3.05) is 61.4 Å². The second-order valence-corrected chi connectivity index (χ2v) is 16.6. The van der Waals surface area contributed by atoms with Crippen molar-refractivity contribution in [3.63, 3.8) is 0 Å². The minimum atomic E-state index is -2.19. The summed E-state index contributed by atoms with van der Waals surface area (Å²) in [4.78, 5) is 125. The molecule has 28 heteroatoms. The number of amides is 4. The number of thioether (sulfide) groups is 1. The molecule has 0 fully saturated rings. The topological polar surface area (TPSA) is 370 Å². The first-order chi connectivity index (χ1) is 33.1. The van der Waals surface area contributed by atoms with Crippen molar-refractivity contribution in [3.05, 3.63) is 147 Å². The van der Waals surface area contributed by atoms with Crippen LogP contribution in [-0.4, -0.2) is 117 Å². The molecule has 0 saturated heterocycles. The molecule has 2 unspecified atom stereocenters. The number of hydrogen-bond acceptors (Lipinski definition) is 18. The highest BCUT2D eigenvalue weighted by molar-refractivity contribution is 7.99. The van der Waals surface area contributed by atoms with Gasteiger partial charge in [0.2, 0.25) is 23.6 Å². The van der Waals surface area contributed by atoms with Crippen LogP contribution in [0.1, 0.15) is 54.8 Å². The molecule has 4 amide bonds. The zero-order valence-electron chi connectivity index (χ0n) is 37.2. The molecule has 0 aromatic heterocycles. The van der Waals surface area contributed by atoms with E-state index in [0.717, 1.165) is 5.69 Å². The van der Waals surface area contributed by atoms with Crippen LogP contribution in [0, 0.1) is 40.5 Å². The molecule has 4 aromatic rings. The second kappa shape index (κ2) is 24.6. The average molecular weight is 1010 g/mol. The summed E-state index contributed by atoms with van der Waals surface area (Å²) in [6, 6.07) is 15.4. The van der Waals surface area contributed by atoms with Gasteiger partial charge < -0.3 is 41.3 Å². The summed E-state index contributed by atoms with van der Waals surface area (Å²) in [5, 5.41) is 77.1. The molecule has 0 aliphatic heterocycles. The Morgan fingerprint density at radius 2 is 0.914 bits per heavy atom. The third-order valence-corrected chi connectivity index (χ3v) is 11.5. The van der Waals surface area contributed by atoms with Gasteiger partial charge in [-0.1, -0.05) is 24.3 Å². The van der Waals surface area contributed by atoms with E-state index in [0.29, 0.717) is 47.0 Å². The monoisotopic (exact) mass is 1010 g/mol. The van der Waals surface area contributed by atoms with E-state index in [1.807, 2.05) is 19.0 Å². The van der Waals surface area contributed by atoms with Gasteiger partial charge in [0.05, 0.1) is 36.7 Å². The molecule has 0 bridgehead atoms. The Bertz CT molecular complexity index is 2640. The number of rotatable bonds is 25. The number of carbonyl (C=O) groups excluding carboxylic acids is 4. The highest BCUT2D eigenvalue weighted by Gasteiger charge is 2.43. The number of nitrogens with one attached hydrogen (secondary N) is 4. The van der Waals surface area contributed by atoms with Crippen LogP contribution in [-0.2, 0) is 32.3 Å². The Morgan fingerprint density at radius 1 is 0.571 bits per heavy atom. The molecule has 0 aliphatic carbocycles. The maximum Gasteiger partial charge on any atom is 0.336 e. The van der Waals surface area contributed by atoms with Gasteiger partial charge in [0, 0.05) is 94.5 Å². The summed E-state index contributed by atoms with van der Waals surface area (Å²) in [6.07, 6.45) is 0. The summed E-state index contributed by atoms with van der Waals surface area (Å²) in [5.74, 6) is -11.8. The molecule has 0 spiro atoms. The quantitative estimate of drug-likeness (QED) is 0.0125. The normalized spacial score (nSPS) is 11.5. The van der Waals surface area contributed by atoms with Crippen LogP contribution in [0.5, 0.6) is 0 Å². The zero-order chi connectivity index (χ0) is 52.0. The number of nitrogens with zero attached hydrogens (tertiary/aromatic N) is 6. The van der Waals surface area contributed by atoms with Crippen molar-refractivity contribution < 1.29 is 58.7 Å². The highest BCUT2D eigenvalue weighted by Crippen LogP contribution is 2.39. The molecule has 0 saturated carbocycles. The van der Waals surface area contributed by atoms with Crippen LogP contribution in [0.3, 0.4) is 0 Å². The van der Waals surface area contributed by atoms with Crippen molar-refractivity contribution in [2.45, 2.75) is 24.9 Å². The molecule has 26 nitrogen and oxygen atoms in total. The number of carboxylic acid groups (broad SMARTS) is 2. The van der Waals surface area contributed by atoms with Crippen molar-refractivity contribution in [1.82, 2.24) is 21.3 Å². The van der Waals surface area contributed by atoms with E-state index in [4.69, 9.17) is 0 Å². The summed E-state index contributed by atoms with van der Waals surface area (Å²) in [5.41, 5.74) is -5.50. The number of anilines is 2. The molecular weight excluding hydrogens is 965 g/mol. The van der Waals surface area contributed by atoms with Crippen LogP contribution < -0.4 is 31.1 Å². The molecule has 6 N–H and O–H groups in total. The molecule has 0 radical (unpaired) electrons. The van der Waals surface area contributed by atoms with Crippen LogP contribution >= 0.6 is 24.4 Å². The predicted molar refractivity (Wildman–Crippen MR) is 255 cm³/mol. The first-order valence-corrected chi connectivity index (χ1v) is 22.1. The van der Waals surface area contributed by atoms with E-state index in [9.17, 15) is 79.4 Å². The fourth-order valence-electron chi connectivity index (χ4n) is 6.72. The lowest BCUT2D eigenvalue weighted by Crippen LogP contribution is -2.41. The zero-order valence-corrected chi connectivity index (χ0v) is 38.9. The summed E-state index contributed by atoms with van der Waals surface area (Å²) < 4.78 is 0. The van der Waals surface area contributed by atoms with E-state index in [1.165, 1.54) is 11.8 Å². The fourth-order valence-corrected chi connectivity index (χ4v) is 7.63. The Balaban J connectivity index is 1.46. The minimum absolute atomic E-state index is 0.0812. The van der Waals surface area contributed by atoms with E-state index >= 15 is 0 Å². The summed E-state index contributed by atoms with van der Waals surface area (Å²) in [6.45, 7) is -0.696. The van der Waals surface area contributed by atoms with Crippen molar-refractivity contribution in [3.8, 4) is 0 Å². The number of nitro benzene ring substituents is 4. The lowest BCUT2D eigenvalue weighted by Gasteiger charge is -2.20. The Morgan fingerprint density at radius 3 is 1.24 bits per heavy atom. The molecule has 2 atom stereocenters. The largest absolute Gasteiger partial charge is 0.478 e. The van der Waals surface area contributed by atoms with Crippen LogP contribution in [0.25, 0.3) is 0 Å². The molecule has 0 heterocycles. The number of thiol groups is 1. The molecule has 70 heavy (non-hydrogen) atoms. The second-order valence-electron chi connectivity index (χ2n) is 15.1. The first-order valence-electron chi connectivity index (χ1n) is 20.3. The van der Waals surface area contributed by atoms with Crippen molar-refractivity contribution in [1.29, 1.82) is 0 Å². The minimum Gasteiger partial charge on any atom is -0.478 e. The third kappa shape index (κ3) is 13.8. The van der Waals surface area contributed by atoms with Gasteiger partial charge in [-0.3, -0.25) is 59.6 Å². The van der Waals surface area contributed by atoms with Gasteiger partial charge in [-0.05, 0) is 35.4 Å². The number of aromatic carboxylic acids is 2. The molecule has 0 aliphatic rings. The third-order valence-electron chi connectivity index (χ3n) is 10.2. The standard InChI is InChI=1S/C42H44N10O16S2/c1-47(2)27-8-4-23(5-9-27)20-45-39(55)36(34-31(51(65)66)18-26(42(59)60)19-32(34)52(67)68)40(56)46-21-24-6-10-28(11-7-24)48(3)22-70-15-13-44-38(54)35(37(53)43-12-14-69)33-29(49(61)62)16-25(41(57)58)17-30(33)50(63)64/h4-11,16-19,35-36,69H,12-15,20-22H2,1-3H3,(H,43,53)(H,44,54)(H,45,55)(H,46,56)(H,57,58)(H,59,60). The lowest BCUT2D eigenvalue weighted by atomic mass is 9.91. The van der Waals surface area contributed by atoms with Gasteiger partial charge in [-0.15, -0.1) is 11.8 Å². The van der Waals surface area contributed by atoms with Gasteiger partial charge in [-0.2, -0.15) is 12.6 Å². The highest BCUT2D eigenvalue weighted by atomic mass is 32.2. The number of hydrogen-bond donors (Lipinski definition) is 7. The summed E-state index contributed by atoms with van der Waals surface area (Å²) >= 11 is 5.25. The van der Waals surface area contributed by atoms with Crippen LogP contribution in [0.4, 0.5) is 34.1 Å². The Hall–Kier alpha value is -8.40. The molecule has 4 rings (SSSR count). The van der Waals surface area contributed by atoms with Gasteiger partial charge in [0.1, 0.15) is 11.1 Å². The average Bonchev–Trinajstić information content (AvgIpc) is 3.31. The summed E-state index contributed by atoms with van der Waals surface area (Å²) in [7, 11) is 5.33. The van der Waals surface area contributed by atoms with Gasteiger partial charge in [-0.25, -0.2) is 9.59 Å². The number of nitro groups is 4. The smallest absolute Gasteiger partial charge is 0.336 e. The van der Waals surface area contributed by atoms with Gasteiger partial charge >= 0.3 is 11.9 Å². The van der Waals surface area contributed by atoms with Gasteiger partial charge in [0.25, 0.3) is 22.7 Å². The number of benzene rings is 4. The molecule has 4 aromatic carbocycles. The maximum atomic E-state index is 13.9. The van der Waals surface area contributed by atoms with E-state index in [2.05, 4.69) is 33.9 Å². The van der Waals surface area contributed by atoms with Crippen molar-refractivity contribution >= 4 is 94.1 Å². The van der Waals surface area contributed by atoms with E-state index < -0.39 is 112 Å². The molecular formula is C42H44N10O16S2. The number of carbonyl (C=O) groups is 6. The predicted octanol–water partition coefficient (Wildman–Crippen LogP) is 3.57. The maximum absolute atomic E-state index is 13.9. The van der Waals surface area contributed by atoms with Crippen LogP contribution in [0.2, 0.25) is 0 Å². The fraction of sp³-hybridized carbons (Fsp3) is 0.286. The first kappa shape index (κ1) is 54.2. The van der Waals surface area contributed by atoms with E-state index in [-0.39, 0.29) is 37.7 Å². The van der Waals surface area contributed by atoms with Gasteiger partial charge in [0.15, 0.2) is 11.8 Å². The van der Waals surface area contributed by atoms with E-state index in [1.54, 1.807) is 60.5 Å². The Kier molecular flexibility index (Phi) is 19.0. The Labute approximate surface area is 405 Å². The number of carboxylic acids is 2. The lowest BCUT2D eigenvalue weighted by molar-refractivity contribution is -0.395. The van der Waals surface area contributed by atoms with Crippen LogP contribution in [0.15, 0.2) is 72.8 Å². The van der Waals surface area contributed by atoms with Crippen molar-refractivity contribution in [2.24, 2.45) is 0 Å². The molecule has 370 valence electrons.